The number of aromatic nitrogens is 1. The minimum Gasteiger partial charge on any atom is -0.478 e. The van der Waals surface area contributed by atoms with E-state index >= 15 is 0 Å². The molecule has 7 nitrogen and oxygen atoms in total. The summed E-state index contributed by atoms with van der Waals surface area (Å²) in [5.74, 6) is -0.944. The number of hydrogen-bond acceptors (Lipinski definition) is 5. The van der Waals surface area contributed by atoms with Crippen LogP contribution in [0.25, 0.3) is 11.1 Å². The zero-order valence-electron chi connectivity index (χ0n) is 20.3. The second-order valence-electron chi connectivity index (χ2n) is 9.41. The predicted octanol–water partition coefficient (Wildman–Crippen LogP) is 5.35. The zero-order chi connectivity index (χ0) is 25.4. The molecule has 0 saturated carbocycles. The van der Waals surface area contributed by atoms with E-state index in [1.807, 2.05) is 45.0 Å². The molecule has 0 aliphatic carbocycles. The Labute approximate surface area is 206 Å². The monoisotopic (exact) mass is 476 g/mol. The van der Waals surface area contributed by atoms with Gasteiger partial charge >= 0.3 is 12.1 Å². The molecule has 1 amide bonds. The van der Waals surface area contributed by atoms with E-state index in [-0.39, 0.29) is 12.1 Å². The first-order valence-electron chi connectivity index (χ1n) is 11.6. The lowest BCUT2D eigenvalue weighted by atomic mass is 10.0. The number of aromatic carboxylic acids is 1. The Balaban J connectivity index is 1.61. The highest BCUT2D eigenvalue weighted by Crippen LogP contribution is 2.22. The van der Waals surface area contributed by atoms with Gasteiger partial charge in [-0.05, 0) is 68.5 Å². The molecule has 3 aromatic rings. The molecule has 2 N–H and O–H groups in total. The third kappa shape index (κ3) is 7.93. The van der Waals surface area contributed by atoms with E-state index in [0.29, 0.717) is 18.5 Å². The summed E-state index contributed by atoms with van der Waals surface area (Å²) in [4.78, 5) is 29.4. The van der Waals surface area contributed by atoms with Crippen LogP contribution in [-0.4, -0.2) is 50.9 Å². The van der Waals surface area contributed by atoms with E-state index in [2.05, 4.69) is 4.98 Å². The Morgan fingerprint density at radius 1 is 1.00 bits per heavy atom. The van der Waals surface area contributed by atoms with E-state index in [9.17, 15) is 14.7 Å². The summed E-state index contributed by atoms with van der Waals surface area (Å²) in [5.41, 5.74) is 3.34. The number of pyridine rings is 1. The van der Waals surface area contributed by atoms with Crippen LogP contribution in [0.2, 0.25) is 0 Å². The van der Waals surface area contributed by atoms with Crippen molar-refractivity contribution < 1.29 is 24.5 Å². The number of carbonyl (C=O) groups excluding carboxylic acids is 1. The fourth-order valence-electron chi connectivity index (χ4n) is 3.61. The van der Waals surface area contributed by atoms with E-state index < -0.39 is 23.8 Å². The number of aryl methyl sites for hydroxylation is 1. The number of carboxylic acids is 1. The second-order valence-corrected chi connectivity index (χ2v) is 9.41. The smallest absolute Gasteiger partial charge is 0.410 e. The number of carbonyl (C=O) groups is 2. The molecule has 0 saturated heterocycles. The third-order valence-electron chi connectivity index (χ3n) is 5.43. The molecule has 3 rings (SSSR count). The van der Waals surface area contributed by atoms with E-state index in [1.54, 1.807) is 53.7 Å². The molecule has 1 atom stereocenters. The molecule has 0 bridgehead atoms. The molecule has 35 heavy (non-hydrogen) atoms. The Morgan fingerprint density at radius 3 is 2.17 bits per heavy atom. The number of carboxylic acid groups (broad SMARTS) is 1. The second kappa shape index (κ2) is 11.6. The summed E-state index contributed by atoms with van der Waals surface area (Å²) < 4.78 is 5.55. The summed E-state index contributed by atoms with van der Waals surface area (Å²) in [6, 6.07) is 18.4. The van der Waals surface area contributed by atoms with Crippen molar-refractivity contribution in [3.8, 4) is 11.1 Å². The molecule has 0 aliphatic heterocycles. The number of amides is 1. The fourth-order valence-corrected chi connectivity index (χ4v) is 3.61. The van der Waals surface area contributed by atoms with Gasteiger partial charge in [-0.15, -0.1) is 0 Å². The number of aliphatic hydroxyl groups is 1. The highest BCUT2D eigenvalue weighted by Gasteiger charge is 2.24. The van der Waals surface area contributed by atoms with Crippen molar-refractivity contribution in [3.05, 3.63) is 89.7 Å². The van der Waals surface area contributed by atoms with Gasteiger partial charge in [-0.25, -0.2) is 9.59 Å². The molecular weight excluding hydrogens is 444 g/mol. The third-order valence-corrected chi connectivity index (χ3v) is 5.43. The quantitative estimate of drug-likeness (QED) is 0.432. The molecule has 0 spiro atoms. The number of hydrogen-bond donors (Lipinski definition) is 2. The van der Waals surface area contributed by atoms with Crippen LogP contribution in [-0.2, 0) is 11.2 Å². The average Bonchev–Trinajstić information content (AvgIpc) is 2.83. The fraction of sp³-hybridized carbons (Fsp3) is 0.321. The van der Waals surface area contributed by atoms with Crippen molar-refractivity contribution >= 4 is 12.1 Å². The topological polar surface area (TPSA) is 100.0 Å². The molecular formula is C28H32N2O5. The Bertz CT molecular complexity index is 1110. The van der Waals surface area contributed by atoms with Crippen molar-refractivity contribution in [2.24, 2.45) is 0 Å². The summed E-state index contributed by atoms with van der Waals surface area (Å²) in [7, 11) is 0. The molecule has 0 radical (unpaired) electrons. The van der Waals surface area contributed by atoms with Gasteiger partial charge < -0.3 is 19.8 Å². The lowest BCUT2D eigenvalue weighted by Crippen LogP contribution is -2.40. The largest absolute Gasteiger partial charge is 0.478 e. The van der Waals surface area contributed by atoms with Gasteiger partial charge in [0.15, 0.2) is 0 Å². The summed E-state index contributed by atoms with van der Waals surface area (Å²) in [5, 5.41) is 19.7. The van der Waals surface area contributed by atoms with Crippen LogP contribution in [0.1, 0.15) is 54.8 Å². The summed E-state index contributed by atoms with van der Waals surface area (Å²) >= 11 is 0. The minimum atomic E-state index is -0.944. The van der Waals surface area contributed by atoms with E-state index in [4.69, 9.17) is 9.84 Å². The van der Waals surface area contributed by atoms with Crippen molar-refractivity contribution in [2.45, 2.75) is 45.3 Å². The zero-order valence-corrected chi connectivity index (χ0v) is 20.3. The van der Waals surface area contributed by atoms with Crippen LogP contribution >= 0.6 is 0 Å². The first-order valence-corrected chi connectivity index (χ1v) is 11.6. The molecule has 1 aromatic heterocycles. The highest BCUT2D eigenvalue weighted by molar-refractivity contribution is 5.88. The first-order chi connectivity index (χ1) is 16.6. The number of ether oxygens (including phenoxy) is 1. The molecule has 2 aromatic carbocycles. The molecule has 1 heterocycles. The average molecular weight is 477 g/mol. The van der Waals surface area contributed by atoms with Gasteiger partial charge in [0.2, 0.25) is 0 Å². The minimum absolute atomic E-state index is 0.117. The summed E-state index contributed by atoms with van der Waals surface area (Å²) in [6.07, 6.45) is 3.36. The van der Waals surface area contributed by atoms with Crippen molar-refractivity contribution in [2.75, 3.05) is 13.1 Å². The van der Waals surface area contributed by atoms with Gasteiger partial charge in [0, 0.05) is 24.5 Å². The van der Waals surface area contributed by atoms with Gasteiger partial charge in [0.25, 0.3) is 0 Å². The van der Waals surface area contributed by atoms with E-state index in [1.165, 1.54) is 0 Å². The van der Waals surface area contributed by atoms with Crippen LogP contribution in [0.5, 0.6) is 0 Å². The van der Waals surface area contributed by atoms with Crippen LogP contribution in [0, 0.1) is 0 Å². The Morgan fingerprint density at radius 2 is 1.63 bits per heavy atom. The maximum absolute atomic E-state index is 12.8. The maximum atomic E-state index is 12.8. The summed E-state index contributed by atoms with van der Waals surface area (Å²) in [6.45, 7) is 6.00. The Hall–Kier alpha value is -3.71. The van der Waals surface area contributed by atoms with Crippen LogP contribution in [0.15, 0.2) is 73.1 Å². The van der Waals surface area contributed by atoms with E-state index in [0.717, 1.165) is 23.1 Å². The van der Waals surface area contributed by atoms with Gasteiger partial charge in [-0.2, -0.15) is 0 Å². The lowest BCUT2D eigenvalue weighted by molar-refractivity contribution is 0.0141. The van der Waals surface area contributed by atoms with Gasteiger partial charge in [0.05, 0.1) is 18.2 Å². The number of aliphatic hydroxyl groups excluding tert-OH is 1. The molecule has 184 valence electrons. The first kappa shape index (κ1) is 25.9. The highest BCUT2D eigenvalue weighted by atomic mass is 16.6. The van der Waals surface area contributed by atoms with Crippen molar-refractivity contribution in [3.63, 3.8) is 0 Å². The van der Waals surface area contributed by atoms with Crippen LogP contribution in [0.4, 0.5) is 4.79 Å². The molecule has 7 heteroatoms. The Kier molecular flexibility index (Phi) is 8.60. The normalized spacial score (nSPS) is 12.1. The standard InChI is InChI=1S/C28H32N2O5/c1-28(2,3)35-27(34)30(19-25(31)24-7-4-16-29-18-24)17-5-6-20-8-10-21(11-9-20)22-12-14-23(15-13-22)26(32)33/h4,7-16,18,25,31H,5-6,17,19H2,1-3H3,(H,32,33)/t25-/m0/s1. The van der Waals surface area contributed by atoms with Crippen molar-refractivity contribution in [1.82, 2.24) is 9.88 Å². The van der Waals surface area contributed by atoms with Crippen LogP contribution in [0.3, 0.4) is 0 Å². The number of benzene rings is 2. The lowest BCUT2D eigenvalue weighted by Gasteiger charge is -2.29. The molecule has 0 aliphatic rings. The maximum Gasteiger partial charge on any atom is 0.410 e. The van der Waals surface area contributed by atoms with Gasteiger partial charge in [-0.3, -0.25) is 4.98 Å². The molecule has 0 unspecified atom stereocenters. The van der Waals surface area contributed by atoms with Crippen LogP contribution < -0.4 is 0 Å². The SMILES string of the molecule is CC(C)(C)OC(=O)N(CCCc1ccc(-c2ccc(C(=O)O)cc2)cc1)C[C@H](O)c1cccnc1. The number of nitrogens with zero attached hydrogens (tertiary/aromatic N) is 2. The van der Waals surface area contributed by atoms with Gasteiger partial charge in [-0.1, -0.05) is 42.5 Å². The predicted molar refractivity (Wildman–Crippen MR) is 134 cm³/mol. The van der Waals surface area contributed by atoms with Gasteiger partial charge in [0.1, 0.15) is 5.60 Å². The molecule has 0 fully saturated rings. The van der Waals surface area contributed by atoms with Crippen molar-refractivity contribution in [1.29, 1.82) is 0 Å². The number of rotatable bonds is 9.